The first-order valence-electron chi connectivity index (χ1n) is 15.8. The molecule has 50 heavy (non-hydrogen) atoms. The first-order valence-corrected chi connectivity index (χ1v) is 17.0. The summed E-state index contributed by atoms with van der Waals surface area (Å²) >= 11 is 7.69. The Morgan fingerprint density at radius 2 is 2.08 bits per heavy atom. The van der Waals surface area contributed by atoms with Crippen molar-refractivity contribution in [3.8, 4) is 23.2 Å². The molecule has 0 radical (unpaired) electrons. The van der Waals surface area contributed by atoms with Crippen LogP contribution in [-0.2, 0) is 0 Å². The molecule has 3 aromatic heterocycles. The lowest BCUT2D eigenvalue weighted by atomic mass is 9.78. The molecule has 0 unspecified atom stereocenters. The average Bonchev–Trinajstić information content (AvgIpc) is 3.67. The SMILES string of the molecule is Cc1ccn(C(=O)CCCN(C)c2nc(OC[C@]3(C)CN(C)CC/C3=C\F)nc3c(F)c(-c4ccc(F)c5sc(N)c(C#N)c45)c(Cl)cc23)n1. The van der Waals surface area contributed by atoms with Crippen LogP contribution in [0.3, 0.4) is 0 Å². The summed E-state index contributed by atoms with van der Waals surface area (Å²) in [5.74, 6) is -1.34. The highest BCUT2D eigenvalue weighted by atomic mass is 35.5. The number of benzene rings is 2. The largest absolute Gasteiger partial charge is 0.462 e. The van der Waals surface area contributed by atoms with E-state index in [4.69, 9.17) is 22.1 Å². The molecule has 15 heteroatoms. The van der Waals surface area contributed by atoms with Gasteiger partial charge in [0, 0.05) is 61.1 Å². The van der Waals surface area contributed by atoms with Crippen molar-refractivity contribution in [2.24, 2.45) is 5.41 Å². The summed E-state index contributed by atoms with van der Waals surface area (Å²) in [6.07, 6.45) is 3.36. The molecule has 0 saturated carbocycles. The van der Waals surface area contributed by atoms with Crippen LogP contribution in [0, 0.1) is 35.3 Å². The zero-order valence-electron chi connectivity index (χ0n) is 27.9. The molecule has 1 aliphatic rings. The predicted octanol–water partition coefficient (Wildman–Crippen LogP) is 7.53. The number of thiophene rings is 1. The first kappa shape index (κ1) is 35.1. The molecule has 2 N–H and O–H groups in total. The van der Waals surface area contributed by atoms with Crippen molar-refractivity contribution in [3.63, 3.8) is 0 Å². The number of fused-ring (bicyclic) bond motifs is 2. The molecule has 2 aromatic carbocycles. The Kier molecular flexibility index (Phi) is 9.76. The van der Waals surface area contributed by atoms with Crippen molar-refractivity contribution in [3.05, 3.63) is 70.3 Å². The normalized spacial score (nSPS) is 17.5. The Morgan fingerprint density at radius 3 is 2.78 bits per heavy atom. The number of anilines is 2. The number of aromatic nitrogens is 4. The topological polar surface area (TPSA) is 126 Å². The van der Waals surface area contributed by atoms with E-state index in [9.17, 15) is 18.8 Å². The monoisotopic (exact) mass is 722 g/mol. The number of nitriles is 1. The van der Waals surface area contributed by atoms with E-state index < -0.39 is 17.0 Å². The van der Waals surface area contributed by atoms with E-state index in [0.717, 1.165) is 17.0 Å². The maximum absolute atomic E-state index is 16.9. The Balaban J connectivity index is 1.43. The van der Waals surface area contributed by atoms with E-state index in [1.54, 1.807) is 31.1 Å². The molecule has 0 amide bonds. The van der Waals surface area contributed by atoms with Gasteiger partial charge < -0.3 is 20.3 Å². The first-order chi connectivity index (χ1) is 23.8. The Bertz CT molecular complexity index is 2210. The third-order valence-electron chi connectivity index (χ3n) is 9.07. The van der Waals surface area contributed by atoms with Crippen LogP contribution in [0.25, 0.3) is 32.1 Å². The summed E-state index contributed by atoms with van der Waals surface area (Å²) in [5, 5.41) is 14.5. The molecule has 0 spiro atoms. The van der Waals surface area contributed by atoms with Gasteiger partial charge >= 0.3 is 6.01 Å². The number of nitrogens with zero attached hydrogens (tertiary/aromatic N) is 7. The van der Waals surface area contributed by atoms with Gasteiger partial charge in [-0.25, -0.2) is 17.9 Å². The van der Waals surface area contributed by atoms with Crippen LogP contribution in [0.15, 0.2) is 42.4 Å². The summed E-state index contributed by atoms with van der Waals surface area (Å²) < 4.78 is 53.3. The molecule has 5 aromatic rings. The van der Waals surface area contributed by atoms with E-state index >= 15 is 4.39 Å². The van der Waals surface area contributed by atoms with Crippen LogP contribution in [-0.4, -0.2) is 70.9 Å². The van der Waals surface area contributed by atoms with E-state index in [0.29, 0.717) is 44.4 Å². The number of likely N-dealkylation sites (tertiary alicyclic amines) is 1. The van der Waals surface area contributed by atoms with Crippen molar-refractivity contribution in [2.45, 2.75) is 33.1 Å². The van der Waals surface area contributed by atoms with Crippen LogP contribution >= 0.6 is 22.9 Å². The van der Waals surface area contributed by atoms with Gasteiger partial charge in [-0.2, -0.15) is 20.3 Å². The molecule has 260 valence electrons. The number of aryl methyl sites for hydroxylation is 1. The molecule has 0 aliphatic carbocycles. The lowest BCUT2D eigenvalue weighted by Crippen LogP contribution is -2.44. The highest BCUT2D eigenvalue weighted by molar-refractivity contribution is 7.23. The van der Waals surface area contributed by atoms with Crippen LogP contribution in [0.4, 0.5) is 24.0 Å². The van der Waals surface area contributed by atoms with Gasteiger partial charge in [-0.1, -0.05) is 24.6 Å². The number of piperidine rings is 1. The summed E-state index contributed by atoms with van der Waals surface area (Å²) in [7, 11) is 3.68. The zero-order valence-corrected chi connectivity index (χ0v) is 29.4. The maximum atomic E-state index is 16.9. The van der Waals surface area contributed by atoms with Crippen molar-refractivity contribution >= 4 is 60.7 Å². The van der Waals surface area contributed by atoms with Crippen LogP contribution in [0.1, 0.15) is 42.2 Å². The summed E-state index contributed by atoms with van der Waals surface area (Å²) in [6, 6.07) is 7.64. The van der Waals surface area contributed by atoms with Gasteiger partial charge in [-0.15, -0.1) is 11.3 Å². The number of nitrogen functional groups attached to an aromatic ring is 1. The molecule has 1 saturated heterocycles. The van der Waals surface area contributed by atoms with Crippen LogP contribution in [0.5, 0.6) is 6.01 Å². The molecule has 1 aliphatic heterocycles. The van der Waals surface area contributed by atoms with Gasteiger partial charge in [0.25, 0.3) is 0 Å². The van der Waals surface area contributed by atoms with E-state index in [1.165, 1.54) is 22.9 Å². The standard InChI is InChI=1S/C35H34ClF3N8O2S/c1-19-9-13-47(44-19)26(48)6-5-11-46(4)33-22-14-24(36)28(21-7-8-25(38)31-27(21)23(16-40)32(41)50-31)29(39)30(22)42-34(43-33)49-18-35(2)17-45(3)12-10-20(35)15-37/h7-9,13-15H,5-6,10-12,17-18,41H2,1-4H3/b20-15+/t35-/m0/s1. The predicted molar refractivity (Wildman–Crippen MR) is 189 cm³/mol. The second kappa shape index (κ2) is 13.9. The third kappa shape index (κ3) is 6.48. The van der Waals surface area contributed by atoms with Gasteiger partial charge in [-0.3, -0.25) is 4.79 Å². The fourth-order valence-electron chi connectivity index (χ4n) is 6.45. The lowest BCUT2D eigenvalue weighted by Gasteiger charge is -2.40. The molecule has 6 rings (SSSR count). The number of nitrogens with two attached hydrogens (primary N) is 1. The molecule has 10 nitrogen and oxygen atoms in total. The average molecular weight is 723 g/mol. The minimum absolute atomic E-state index is 0.0138. The summed E-state index contributed by atoms with van der Waals surface area (Å²) in [4.78, 5) is 25.6. The van der Waals surface area contributed by atoms with Crippen molar-refractivity contribution in [2.75, 3.05) is 51.0 Å². The van der Waals surface area contributed by atoms with Crippen molar-refractivity contribution < 1.29 is 22.7 Å². The van der Waals surface area contributed by atoms with E-state index in [-0.39, 0.29) is 78.5 Å². The number of hydrogen-bond donors (Lipinski definition) is 1. The third-order valence-corrected chi connectivity index (χ3v) is 10.4. The van der Waals surface area contributed by atoms with Crippen LogP contribution < -0.4 is 15.4 Å². The van der Waals surface area contributed by atoms with Gasteiger partial charge in [0.1, 0.15) is 34.8 Å². The van der Waals surface area contributed by atoms with Crippen molar-refractivity contribution in [1.29, 1.82) is 5.26 Å². The highest BCUT2D eigenvalue weighted by Gasteiger charge is 2.36. The molecular formula is C35H34ClF3N8O2S. The van der Waals surface area contributed by atoms with Gasteiger partial charge in [0.2, 0.25) is 5.91 Å². The number of rotatable bonds is 9. The van der Waals surface area contributed by atoms with Gasteiger partial charge in [0.05, 0.1) is 27.3 Å². The quantitative estimate of drug-likeness (QED) is 0.164. The fourth-order valence-corrected chi connectivity index (χ4v) is 7.69. The maximum Gasteiger partial charge on any atom is 0.319 e. The Labute approximate surface area is 295 Å². The van der Waals surface area contributed by atoms with Gasteiger partial charge in [0.15, 0.2) is 5.82 Å². The minimum Gasteiger partial charge on any atom is -0.462 e. The number of halogens is 4. The summed E-state index contributed by atoms with van der Waals surface area (Å²) in [5.41, 5.74) is 6.63. The Morgan fingerprint density at radius 1 is 1.30 bits per heavy atom. The van der Waals surface area contributed by atoms with Crippen LogP contribution in [0.2, 0.25) is 5.02 Å². The second-order valence-corrected chi connectivity index (χ2v) is 14.3. The molecular weight excluding hydrogens is 689 g/mol. The van der Waals surface area contributed by atoms with E-state index in [1.807, 2.05) is 20.0 Å². The molecule has 1 fully saturated rings. The van der Waals surface area contributed by atoms with Gasteiger partial charge in [-0.05, 0) is 56.1 Å². The smallest absolute Gasteiger partial charge is 0.319 e. The molecule has 0 bridgehead atoms. The Hall–Kier alpha value is -4.71. The fraction of sp³-hybridized carbons (Fsp3) is 0.343. The molecule has 1 atom stereocenters. The zero-order chi connectivity index (χ0) is 35.9. The van der Waals surface area contributed by atoms with E-state index in [2.05, 4.69) is 20.0 Å². The summed E-state index contributed by atoms with van der Waals surface area (Å²) in [6.45, 7) is 5.26. The number of carbonyl (C=O) groups is 1. The number of hydrogen-bond acceptors (Lipinski definition) is 10. The minimum atomic E-state index is -0.840. The highest BCUT2D eigenvalue weighted by Crippen LogP contribution is 2.46. The number of carbonyl (C=O) groups excluding carboxylic acids is 1. The lowest BCUT2D eigenvalue weighted by molar-refractivity contribution is 0.0884. The van der Waals surface area contributed by atoms with Crippen molar-refractivity contribution in [1.82, 2.24) is 24.6 Å². The molecule has 4 heterocycles. The second-order valence-electron chi connectivity index (χ2n) is 12.8. The number of ether oxygens (including phenoxy) is 1.